The Hall–Kier alpha value is -1.69. The summed E-state index contributed by atoms with van der Waals surface area (Å²) >= 11 is 0. The first kappa shape index (κ1) is 56.3. The van der Waals surface area contributed by atoms with Gasteiger partial charge in [-0.3, -0.25) is 0 Å². The van der Waals surface area contributed by atoms with Gasteiger partial charge >= 0.3 is 10.8 Å². The lowest BCUT2D eigenvalue weighted by atomic mass is 10.0. The van der Waals surface area contributed by atoms with Crippen molar-refractivity contribution in [3.05, 3.63) is 35.4 Å². The van der Waals surface area contributed by atoms with E-state index in [1.165, 1.54) is 50.5 Å². The normalized spacial score (nSPS) is 12.8. The fraction of sp³-hybridized carbons (Fsp3) is 0.810. The van der Waals surface area contributed by atoms with Gasteiger partial charge in [-0.25, -0.2) is 0 Å². The number of allylic oxidation sites excluding steroid dienone is 1. The molecule has 2 N–H and O–H groups in total. The summed E-state index contributed by atoms with van der Waals surface area (Å²) in [6, 6.07) is 6.52. The number of unbranched alkanes of at least 4 members (excludes halogenated alkanes) is 6. The molecule has 0 amide bonds. The Balaban J connectivity index is 1.76. The predicted octanol–water partition coefficient (Wildman–Crippen LogP) is 5.16. The molecule has 0 aliphatic rings. The molecule has 0 aromatic heterocycles. The number of nitrogens with two attached hydrogens (primary N) is 1. The van der Waals surface area contributed by atoms with Crippen molar-refractivity contribution in [2.75, 3.05) is 159 Å². The SMILES string of the molecule is C/C=C/c1cc(CCCCCCCCC)ccc1OCCOCCOCCOCCOCCOCCOCCOCCOCCOCCOCCOCCO[S+]([O])(=O)ON. The van der Waals surface area contributed by atoms with Crippen molar-refractivity contribution in [3.8, 4) is 5.75 Å². The maximum atomic E-state index is 10.8. The van der Waals surface area contributed by atoms with Crippen LogP contribution in [0, 0.1) is 0 Å². The van der Waals surface area contributed by atoms with Crippen molar-refractivity contribution in [1.29, 1.82) is 0 Å². The summed E-state index contributed by atoms with van der Waals surface area (Å²) < 4.78 is 95.8. The summed E-state index contributed by atoms with van der Waals surface area (Å²) in [6.07, 6.45) is 14.5. The fourth-order valence-corrected chi connectivity index (χ4v) is 5.54. The first-order chi connectivity index (χ1) is 29.5. The third-order valence-corrected chi connectivity index (χ3v) is 8.96. The van der Waals surface area contributed by atoms with Crippen molar-refractivity contribution < 1.29 is 74.1 Å². The zero-order valence-corrected chi connectivity index (χ0v) is 37.3. The number of aryl methyl sites for hydroxylation is 1. The first-order valence-corrected chi connectivity index (χ1v) is 22.9. The lowest BCUT2D eigenvalue weighted by molar-refractivity contribution is -0.0280. The molecule has 1 atom stereocenters. The molecule has 17 nitrogen and oxygen atoms in total. The van der Waals surface area contributed by atoms with Gasteiger partial charge in [-0.1, -0.05) is 63.7 Å². The van der Waals surface area contributed by atoms with E-state index in [2.05, 4.69) is 51.6 Å². The topological polar surface area (TPSA) is 192 Å². The monoisotopic (exact) mass is 883 g/mol. The van der Waals surface area contributed by atoms with E-state index in [1.54, 1.807) is 0 Å². The smallest absolute Gasteiger partial charge is 0.491 e. The number of hydrogen-bond donors (Lipinski definition) is 1. The van der Waals surface area contributed by atoms with Gasteiger partial charge in [0.15, 0.2) is 0 Å². The minimum absolute atomic E-state index is 0.0596. The highest BCUT2D eigenvalue weighted by Crippen LogP contribution is 2.23. The van der Waals surface area contributed by atoms with Crippen LogP contribution in [-0.2, 0) is 86.5 Å². The Bertz CT molecular complexity index is 1140. The summed E-state index contributed by atoms with van der Waals surface area (Å²) in [5.41, 5.74) is 2.49. The molecule has 0 spiro atoms. The summed E-state index contributed by atoms with van der Waals surface area (Å²) in [5, 5.41) is 0. The molecule has 0 aliphatic heterocycles. The zero-order valence-electron chi connectivity index (χ0n) is 36.5. The summed E-state index contributed by atoms with van der Waals surface area (Å²) in [4.78, 5) is 0. The third-order valence-electron chi connectivity index (χ3n) is 8.27. The van der Waals surface area contributed by atoms with Gasteiger partial charge in [0.1, 0.15) is 23.5 Å². The second-order valence-corrected chi connectivity index (χ2v) is 14.4. The first-order valence-electron chi connectivity index (χ1n) is 21.5. The summed E-state index contributed by atoms with van der Waals surface area (Å²) in [7, 11) is -4.15. The van der Waals surface area contributed by atoms with Crippen LogP contribution >= 0.6 is 0 Å². The molecule has 0 bridgehead atoms. The lowest BCUT2D eigenvalue weighted by Crippen LogP contribution is -2.22. The van der Waals surface area contributed by atoms with Crippen molar-refractivity contribution in [3.63, 3.8) is 0 Å². The molecule has 0 saturated carbocycles. The molecule has 0 fully saturated rings. The van der Waals surface area contributed by atoms with Crippen LogP contribution in [-0.4, -0.2) is 159 Å². The van der Waals surface area contributed by atoms with Gasteiger partial charge in [0.05, 0.1) is 145 Å². The Morgan fingerprint density at radius 2 is 0.850 bits per heavy atom. The second kappa shape index (κ2) is 43.9. The van der Waals surface area contributed by atoms with Gasteiger partial charge in [0.25, 0.3) is 0 Å². The van der Waals surface area contributed by atoms with Crippen LogP contribution < -0.4 is 10.6 Å². The Kier molecular flexibility index (Phi) is 41.2. The van der Waals surface area contributed by atoms with Crippen molar-refractivity contribution in [2.45, 2.75) is 65.2 Å². The highest BCUT2D eigenvalue weighted by atomic mass is 32.3. The standard InChI is InChI=1S/C42H77NO16S/c1-3-5-6-7-8-9-10-12-40-13-14-42(41(39-40)11-4-2)57-37-35-55-33-31-53-29-27-51-25-23-49-21-19-47-17-15-46-16-18-48-20-22-50-24-26-52-28-30-54-32-34-56-36-38-58-60(44,45)59-43/h4,11,13-14,39H,3,5-10,12,15-38,43H2,1-2H3/q+1/b11-4+. The molecular formula is C42H77NO16S+. The second-order valence-electron chi connectivity index (χ2n) is 13.2. The van der Waals surface area contributed by atoms with E-state index >= 15 is 0 Å². The van der Waals surface area contributed by atoms with Gasteiger partial charge in [-0.2, -0.15) is 5.90 Å². The van der Waals surface area contributed by atoms with E-state index in [0.29, 0.717) is 139 Å². The van der Waals surface area contributed by atoms with E-state index in [9.17, 15) is 8.76 Å². The van der Waals surface area contributed by atoms with Crippen molar-refractivity contribution in [1.82, 2.24) is 0 Å². The molecular weight excluding hydrogens is 807 g/mol. The van der Waals surface area contributed by atoms with Crippen LogP contribution in [0.1, 0.15) is 69.9 Å². The molecule has 1 radical (unpaired) electrons. The van der Waals surface area contributed by atoms with Gasteiger partial charge in [-0.05, 0) is 41.7 Å². The van der Waals surface area contributed by atoms with Gasteiger partial charge in [0, 0.05) is 9.77 Å². The zero-order chi connectivity index (χ0) is 43.3. The van der Waals surface area contributed by atoms with Crippen LogP contribution in [0.5, 0.6) is 5.75 Å². The van der Waals surface area contributed by atoms with E-state index in [1.807, 2.05) is 6.92 Å². The Morgan fingerprint density at radius 1 is 0.500 bits per heavy atom. The maximum absolute atomic E-state index is 10.8. The highest BCUT2D eigenvalue weighted by Gasteiger charge is 2.32. The van der Waals surface area contributed by atoms with E-state index in [0.717, 1.165) is 17.7 Å². The summed E-state index contributed by atoms with van der Waals surface area (Å²) in [5.74, 6) is 5.42. The molecule has 0 heterocycles. The molecule has 60 heavy (non-hydrogen) atoms. The van der Waals surface area contributed by atoms with Gasteiger partial charge in [-0.15, -0.1) is 4.18 Å². The average Bonchev–Trinajstić information content (AvgIpc) is 3.25. The molecule has 0 saturated heterocycles. The van der Waals surface area contributed by atoms with E-state index < -0.39 is 10.8 Å². The molecule has 1 aromatic rings. The molecule has 1 aromatic carbocycles. The average molecular weight is 884 g/mol. The Labute approximate surface area is 361 Å². The van der Waals surface area contributed by atoms with Crippen LogP contribution in [0.4, 0.5) is 0 Å². The maximum Gasteiger partial charge on any atom is 0.564 e. The highest BCUT2D eigenvalue weighted by molar-refractivity contribution is 7.88. The summed E-state index contributed by atoms with van der Waals surface area (Å²) in [6.45, 7) is 14.3. The largest absolute Gasteiger partial charge is 0.564 e. The van der Waals surface area contributed by atoms with Crippen LogP contribution in [0.25, 0.3) is 6.08 Å². The predicted molar refractivity (Wildman–Crippen MR) is 227 cm³/mol. The minimum Gasteiger partial charge on any atom is -0.491 e. The van der Waals surface area contributed by atoms with Crippen molar-refractivity contribution >= 4 is 16.9 Å². The number of rotatable bonds is 48. The fourth-order valence-electron chi connectivity index (χ4n) is 5.22. The number of hydrogen-bond acceptors (Lipinski definition) is 16. The molecule has 1 rings (SSSR count). The molecule has 351 valence electrons. The quantitative estimate of drug-likeness (QED) is 0.0513. The van der Waals surface area contributed by atoms with Crippen LogP contribution in [0.2, 0.25) is 0 Å². The van der Waals surface area contributed by atoms with Crippen LogP contribution in [0.15, 0.2) is 24.3 Å². The Morgan fingerprint density at radius 3 is 1.22 bits per heavy atom. The van der Waals surface area contributed by atoms with Gasteiger partial charge < -0.3 is 56.8 Å². The van der Waals surface area contributed by atoms with Gasteiger partial charge in [0.2, 0.25) is 0 Å². The molecule has 0 aliphatic carbocycles. The van der Waals surface area contributed by atoms with E-state index in [4.69, 9.17) is 56.8 Å². The minimum atomic E-state index is -4.15. The number of benzene rings is 1. The number of ether oxygens (including phenoxy) is 12. The van der Waals surface area contributed by atoms with Crippen molar-refractivity contribution in [2.24, 2.45) is 5.90 Å². The van der Waals surface area contributed by atoms with E-state index in [-0.39, 0.29) is 19.8 Å². The lowest BCUT2D eigenvalue weighted by Gasteiger charge is -2.12. The molecule has 1 unspecified atom stereocenters. The molecule has 18 heteroatoms. The third kappa shape index (κ3) is 38.0. The van der Waals surface area contributed by atoms with Crippen LogP contribution in [0.3, 0.4) is 0 Å².